The van der Waals surface area contributed by atoms with Crippen LogP contribution in [0.25, 0.3) is 0 Å². The molecule has 0 fully saturated rings. The summed E-state index contributed by atoms with van der Waals surface area (Å²) >= 11 is 11.2. The second-order valence-corrected chi connectivity index (χ2v) is 6.10. The zero-order valence-electron chi connectivity index (χ0n) is 8.11. The van der Waals surface area contributed by atoms with Gasteiger partial charge in [0.05, 0.1) is 11.4 Å². The van der Waals surface area contributed by atoms with E-state index in [9.17, 15) is 8.42 Å². The molecule has 90 valence electrons. The van der Waals surface area contributed by atoms with Crippen molar-refractivity contribution in [1.82, 2.24) is 0 Å². The summed E-state index contributed by atoms with van der Waals surface area (Å²) in [6.07, 6.45) is -0.0703. The van der Waals surface area contributed by atoms with Gasteiger partial charge < -0.3 is 5.73 Å². The standard InChI is InChI=1S/C8H10Cl2NO3PS/c9-7-3-1-2-6(4-11)8(7)16(12,13)14-5-15-10/h1-3,15H,4-5,11H2. The Morgan fingerprint density at radius 3 is 2.69 bits per heavy atom. The fourth-order valence-corrected chi connectivity index (χ4v) is 3.73. The summed E-state index contributed by atoms with van der Waals surface area (Å²) in [4.78, 5) is -0.0749. The highest BCUT2D eigenvalue weighted by Crippen LogP contribution is 2.28. The van der Waals surface area contributed by atoms with E-state index in [1.807, 2.05) is 0 Å². The van der Waals surface area contributed by atoms with E-state index in [-0.39, 0.29) is 30.7 Å². The van der Waals surface area contributed by atoms with Crippen molar-refractivity contribution >= 4 is 40.9 Å². The predicted octanol–water partition coefficient (Wildman–Crippen LogP) is 2.29. The summed E-state index contributed by atoms with van der Waals surface area (Å²) in [7, 11) is -4.02. The van der Waals surface area contributed by atoms with Crippen LogP contribution in [0.5, 0.6) is 0 Å². The molecule has 0 aliphatic carbocycles. The van der Waals surface area contributed by atoms with Crippen LogP contribution in [0.3, 0.4) is 0 Å². The highest BCUT2D eigenvalue weighted by Gasteiger charge is 2.22. The number of hydrogen-bond acceptors (Lipinski definition) is 4. The van der Waals surface area contributed by atoms with Gasteiger partial charge in [-0.2, -0.15) is 8.42 Å². The molecule has 0 bridgehead atoms. The molecule has 4 nitrogen and oxygen atoms in total. The molecule has 8 heteroatoms. The predicted molar refractivity (Wildman–Crippen MR) is 66.6 cm³/mol. The molecule has 0 heterocycles. The number of nitrogens with two attached hydrogens (primary N) is 1. The molecule has 2 N–H and O–H groups in total. The van der Waals surface area contributed by atoms with Crippen LogP contribution in [-0.4, -0.2) is 14.8 Å². The van der Waals surface area contributed by atoms with E-state index in [2.05, 4.69) is 0 Å². The Hall–Kier alpha value is 0.1000. The quantitative estimate of drug-likeness (QED) is 0.669. The molecule has 0 amide bonds. The van der Waals surface area contributed by atoms with Crippen LogP contribution in [0, 0.1) is 0 Å². The van der Waals surface area contributed by atoms with Crippen molar-refractivity contribution in [2.24, 2.45) is 5.73 Å². The summed E-state index contributed by atoms with van der Waals surface area (Å²) in [5, 5.41) is 0.0980. The summed E-state index contributed by atoms with van der Waals surface area (Å²) in [5.74, 6) is 0. The molecule has 1 aromatic carbocycles. The SMILES string of the molecule is NCc1cccc(Cl)c1S(=O)(=O)OCPCl. The number of hydrogen-bond donors (Lipinski definition) is 1. The van der Waals surface area contributed by atoms with Crippen LogP contribution in [0.4, 0.5) is 0 Å². The number of benzene rings is 1. The van der Waals surface area contributed by atoms with Gasteiger partial charge in [-0.05, 0) is 11.6 Å². The Morgan fingerprint density at radius 1 is 1.44 bits per heavy atom. The first-order chi connectivity index (χ1) is 7.53. The molecule has 16 heavy (non-hydrogen) atoms. The Morgan fingerprint density at radius 2 is 2.12 bits per heavy atom. The third-order valence-corrected chi connectivity index (χ3v) is 4.41. The van der Waals surface area contributed by atoms with Crippen molar-refractivity contribution in [2.75, 3.05) is 6.35 Å². The van der Waals surface area contributed by atoms with Crippen molar-refractivity contribution in [3.05, 3.63) is 28.8 Å². The van der Waals surface area contributed by atoms with Gasteiger partial charge in [0.1, 0.15) is 4.90 Å². The van der Waals surface area contributed by atoms with E-state index in [1.54, 1.807) is 12.1 Å². The summed E-state index contributed by atoms with van der Waals surface area (Å²) in [5.41, 5.74) is 5.86. The molecule has 0 saturated heterocycles. The van der Waals surface area contributed by atoms with E-state index in [4.69, 9.17) is 32.8 Å². The third-order valence-electron chi connectivity index (χ3n) is 1.79. The summed E-state index contributed by atoms with van der Waals surface area (Å²) in [6.45, 7) is 0.0711. The topological polar surface area (TPSA) is 69.4 Å². The average Bonchev–Trinajstić information content (AvgIpc) is 2.25. The van der Waals surface area contributed by atoms with Crippen molar-refractivity contribution in [3.8, 4) is 0 Å². The van der Waals surface area contributed by atoms with Crippen molar-refractivity contribution in [1.29, 1.82) is 0 Å². The Balaban J connectivity index is 3.21. The van der Waals surface area contributed by atoms with Gasteiger partial charge in [0.25, 0.3) is 10.1 Å². The molecular weight excluding hydrogens is 292 g/mol. The van der Waals surface area contributed by atoms with Gasteiger partial charge >= 0.3 is 0 Å². The van der Waals surface area contributed by atoms with E-state index in [1.165, 1.54) is 6.07 Å². The van der Waals surface area contributed by atoms with Gasteiger partial charge in [0.2, 0.25) is 0 Å². The van der Waals surface area contributed by atoms with Crippen LogP contribution in [0.1, 0.15) is 5.56 Å². The first-order valence-corrected chi connectivity index (χ1v) is 8.24. The lowest BCUT2D eigenvalue weighted by Gasteiger charge is -2.10. The Labute approximate surface area is 106 Å². The number of rotatable bonds is 5. The molecule has 1 unspecified atom stereocenters. The zero-order chi connectivity index (χ0) is 12.2. The first kappa shape index (κ1) is 14.2. The van der Waals surface area contributed by atoms with Gasteiger partial charge in [-0.25, -0.2) is 0 Å². The molecule has 0 aliphatic heterocycles. The van der Waals surface area contributed by atoms with Crippen LogP contribution >= 0.6 is 30.8 Å². The summed E-state index contributed by atoms with van der Waals surface area (Å²) in [6, 6.07) is 4.69. The molecule has 0 aliphatic rings. The van der Waals surface area contributed by atoms with Crippen LogP contribution < -0.4 is 5.73 Å². The van der Waals surface area contributed by atoms with Crippen LogP contribution in [0.2, 0.25) is 5.02 Å². The largest absolute Gasteiger partial charge is 0.326 e. The van der Waals surface area contributed by atoms with E-state index >= 15 is 0 Å². The second kappa shape index (κ2) is 6.15. The maximum Gasteiger partial charge on any atom is 0.299 e. The molecule has 0 spiro atoms. The first-order valence-electron chi connectivity index (χ1n) is 4.23. The number of halogens is 2. The molecule has 0 radical (unpaired) electrons. The maximum absolute atomic E-state index is 11.8. The fraction of sp³-hybridized carbons (Fsp3) is 0.250. The molecule has 1 atom stereocenters. The molecular formula is C8H10Cl2NO3PS. The fourth-order valence-electron chi connectivity index (χ4n) is 1.15. The van der Waals surface area contributed by atoms with E-state index in [0.717, 1.165) is 0 Å². The minimum atomic E-state index is -3.89. The summed E-state index contributed by atoms with van der Waals surface area (Å²) < 4.78 is 28.3. The zero-order valence-corrected chi connectivity index (χ0v) is 11.4. The average molecular weight is 302 g/mol. The van der Waals surface area contributed by atoms with Crippen molar-refractivity contribution in [3.63, 3.8) is 0 Å². The van der Waals surface area contributed by atoms with Gasteiger partial charge in [-0.1, -0.05) is 35.0 Å². The van der Waals surface area contributed by atoms with Crippen molar-refractivity contribution in [2.45, 2.75) is 11.4 Å². The molecule has 1 rings (SSSR count). The molecule has 0 saturated carbocycles. The lowest BCUT2D eigenvalue weighted by Crippen LogP contribution is -2.11. The minimum absolute atomic E-state index is 0.0703. The normalized spacial score (nSPS) is 12.4. The van der Waals surface area contributed by atoms with Crippen LogP contribution in [0.15, 0.2) is 23.1 Å². The Bertz CT molecular complexity index is 466. The second-order valence-electron chi connectivity index (χ2n) is 2.78. The maximum atomic E-state index is 11.8. The van der Waals surface area contributed by atoms with E-state index < -0.39 is 10.1 Å². The lowest BCUT2D eigenvalue weighted by molar-refractivity contribution is 0.380. The van der Waals surface area contributed by atoms with Crippen LogP contribution in [-0.2, 0) is 20.8 Å². The smallest absolute Gasteiger partial charge is 0.299 e. The minimum Gasteiger partial charge on any atom is -0.326 e. The highest BCUT2D eigenvalue weighted by molar-refractivity contribution is 7.87. The van der Waals surface area contributed by atoms with Gasteiger partial charge in [0.15, 0.2) is 0 Å². The monoisotopic (exact) mass is 301 g/mol. The van der Waals surface area contributed by atoms with Gasteiger partial charge in [-0.3, -0.25) is 4.18 Å². The van der Waals surface area contributed by atoms with Gasteiger partial charge in [0, 0.05) is 14.5 Å². The lowest BCUT2D eigenvalue weighted by atomic mass is 10.2. The third kappa shape index (κ3) is 3.29. The van der Waals surface area contributed by atoms with Crippen molar-refractivity contribution < 1.29 is 12.6 Å². The molecule has 0 aromatic heterocycles. The molecule has 1 aromatic rings. The Kier molecular flexibility index (Phi) is 5.44. The van der Waals surface area contributed by atoms with E-state index in [0.29, 0.717) is 5.56 Å². The van der Waals surface area contributed by atoms with Gasteiger partial charge in [-0.15, -0.1) is 0 Å². The highest BCUT2D eigenvalue weighted by atomic mass is 35.7.